The first kappa shape index (κ1) is 54.2. The normalized spacial score (nSPS) is 13.3. The third-order valence-electron chi connectivity index (χ3n) is 12.2. The van der Waals surface area contributed by atoms with E-state index in [1.165, 1.54) is 89.0 Å². The van der Waals surface area contributed by atoms with Crippen molar-refractivity contribution in [1.82, 2.24) is 0 Å². The van der Waals surface area contributed by atoms with Crippen LogP contribution in [0.15, 0.2) is 58.7 Å². The Morgan fingerprint density at radius 1 is 0.322 bits per heavy atom. The molecule has 0 spiro atoms. The van der Waals surface area contributed by atoms with Crippen LogP contribution in [0.5, 0.6) is 0 Å². The van der Waals surface area contributed by atoms with Gasteiger partial charge in [0.25, 0.3) is 0 Å². The van der Waals surface area contributed by atoms with Gasteiger partial charge in [0.1, 0.15) is 0 Å². The minimum atomic E-state index is -3.43. The fraction of sp³-hybridized carbons (Fsp3) is 0.511. The zero-order valence-corrected chi connectivity index (χ0v) is 45.0. The molecular formula is C45H72Cl3N9SiTi. The summed E-state index contributed by atoms with van der Waals surface area (Å²) in [5.74, 6) is 0. The molecule has 0 unspecified atom stereocenters. The van der Waals surface area contributed by atoms with Crippen LogP contribution in [0.1, 0.15) is 27.7 Å². The van der Waals surface area contributed by atoms with Gasteiger partial charge in [-0.3, -0.25) is 0 Å². The second-order valence-electron chi connectivity index (χ2n) is 17.6. The van der Waals surface area contributed by atoms with Crippen LogP contribution in [0, 0.1) is 0 Å². The first-order valence-electron chi connectivity index (χ1n) is 19.5. The molecule has 59 heavy (non-hydrogen) atoms. The van der Waals surface area contributed by atoms with E-state index in [1.54, 1.807) is 0 Å². The summed E-state index contributed by atoms with van der Waals surface area (Å²) in [4.78, 5) is 20.8. The minimum absolute atomic E-state index is 0. The summed E-state index contributed by atoms with van der Waals surface area (Å²) < 4.78 is -0.378. The van der Waals surface area contributed by atoms with E-state index in [1.807, 2.05) is 0 Å². The Bertz CT molecular complexity index is 1830. The second kappa shape index (κ2) is 19.9. The number of hydrogen-bond donors (Lipinski definition) is 0. The maximum Gasteiger partial charge on any atom is -1.00 e. The molecule has 3 aromatic rings. The largest absolute Gasteiger partial charge is 1.00 e. The first-order chi connectivity index (χ1) is 25.8. The van der Waals surface area contributed by atoms with Gasteiger partial charge < -0.3 is 37.2 Å². The summed E-state index contributed by atoms with van der Waals surface area (Å²) in [6, 6.07) is 15.1. The van der Waals surface area contributed by atoms with E-state index in [4.69, 9.17) is 0 Å². The van der Waals surface area contributed by atoms with Crippen molar-refractivity contribution >= 4 is 74.8 Å². The number of hydrogen-bond acceptors (Lipinski definition) is 9. The fourth-order valence-corrected chi connectivity index (χ4v) is 18.0. The third kappa shape index (κ3) is 8.92. The Labute approximate surface area is 390 Å². The molecule has 0 bridgehead atoms. The Hall–Kier alpha value is -2.86. The third-order valence-corrected chi connectivity index (χ3v) is 20.6. The van der Waals surface area contributed by atoms with Crippen LogP contribution in [0.4, 0.5) is 51.2 Å². The second-order valence-corrected chi connectivity index (χ2v) is 23.4. The maximum absolute atomic E-state index is 3.43. The number of nitrogens with zero attached hydrogens (tertiary/aromatic N) is 9. The quantitative estimate of drug-likeness (QED) is 0.130. The van der Waals surface area contributed by atoms with Crippen molar-refractivity contribution in [2.75, 3.05) is 171 Å². The number of allylic oxidation sites excluding steroid dienone is 4. The van der Waals surface area contributed by atoms with E-state index < -0.39 is 8.07 Å². The molecular weight excluding hydrogens is 849 g/mol. The molecule has 0 saturated carbocycles. The van der Waals surface area contributed by atoms with Crippen LogP contribution < -0.4 is 96.9 Å². The fourth-order valence-electron chi connectivity index (χ4n) is 8.87. The number of halogens is 3. The Kier molecular flexibility index (Phi) is 18.3. The van der Waals surface area contributed by atoms with Gasteiger partial charge in [-0.1, -0.05) is 0 Å². The molecule has 14 heteroatoms. The van der Waals surface area contributed by atoms with Crippen molar-refractivity contribution in [2.45, 2.75) is 31.0 Å². The van der Waals surface area contributed by atoms with E-state index in [-0.39, 0.29) is 40.6 Å². The molecule has 0 aromatic heterocycles. The van der Waals surface area contributed by atoms with Gasteiger partial charge in [-0.2, -0.15) is 0 Å². The van der Waals surface area contributed by atoms with Gasteiger partial charge in [0.05, 0.1) is 0 Å². The number of benzene rings is 3. The molecule has 326 valence electrons. The topological polar surface area (TPSA) is 29.2 Å². The van der Waals surface area contributed by atoms with E-state index in [0.717, 1.165) is 0 Å². The predicted octanol–water partition coefficient (Wildman–Crippen LogP) is -3.31. The van der Waals surface area contributed by atoms with Crippen molar-refractivity contribution in [3.8, 4) is 0 Å². The van der Waals surface area contributed by atoms with Gasteiger partial charge in [-0.15, -0.1) is 0 Å². The summed E-state index contributed by atoms with van der Waals surface area (Å²) in [5, 5.41) is 4.20. The van der Waals surface area contributed by atoms with Gasteiger partial charge in [0, 0.05) is 0 Å². The van der Waals surface area contributed by atoms with Gasteiger partial charge >= 0.3 is 356 Å². The van der Waals surface area contributed by atoms with E-state index in [9.17, 15) is 0 Å². The minimum Gasteiger partial charge on any atom is -1.00 e. The summed E-state index contributed by atoms with van der Waals surface area (Å²) >= 11 is 2.60. The Balaban J connectivity index is 0.00000580. The molecule has 0 amide bonds. The molecule has 0 N–H and O–H groups in total. The van der Waals surface area contributed by atoms with Crippen LogP contribution >= 0.6 is 0 Å². The molecule has 0 saturated heterocycles. The van der Waals surface area contributed by atoms with Crippen molar-refractivity contribution in [3.05, 3.63) is 58.7 Å². The van der Waals surface area contributed by atoms with Crippen molar-refractivity contribution < 1.29 is 57.7 Å². The Morgan fingerprint density at radius 3 is 0.661 bits per heavy atom. The van der Waals surface area contributed by atoms with Gasteiger partial charge in [0.15, 0.2) is 0 Å². The SMILES string of the molecule is CC1=C(C)[C]([Ti+3])([Si](c2cc(N(C)C)c(N(C)C)cc2N(C)C)(c2cc(N(C)C)c(N(C)C)cc2N(C)C)c2cc(N(C)C)c(N(C)C)cc2N(C)C)C(C)=C1C.[Cl-].[Cl-].[Cl-]. The predicted molar refractivity (Wildman–Crippen MR) is 252 cm³/mol. The van der Waals surface area contributed by atoms with Gasteiger partial charge in [-0.25, -0.2) is 0 Å². The van der Waals surface area contributed by atoms with Gasteiger partial charge in [-0.05, 0) is 0 Å². The van der Waals surface area contributed by atoms with Crippen LogP contribution in [-0.2, 0) is 20.4 Å². The average molecular weight is 921 g/mol. The first-order valence-corrected chi connectivity index (χ1v) is 22.3. The molecule has 3 aromatic carbocycles. The average Bonchev–Trinajstić information content (AvgIpc) is 3.25. The van der Waals surface area contributed by atoms with Crippen molar-refractivity contribution in [3.63, 3.8) is 0 Å². The molecule has 0 atom stereocenters. The van der Waals surface area contributed by atoms with Crippen LogP contribution in [0.3, 0.4) is 0 Å². The summed E-state index contributed by atoms with van der Waals surface area (Å²) in [6.45, 7) is 9.57. The van der Waals surface area contributed by atoms with Crippen LogP contribution in [0.25, 0.3) is 0 Å². The standard InChI is InChI=1S/C45H72N9Si.3ClH.Ti/c1-29-30(2)32(4)45(31(29)3)55(42-26-36(49(11)12)33(46(5)6)23-39(42)52(17)18,43-27-37(50(13)14)34(47(7)8)24-40(43)53(19)20)44-28-38(51(15)16)35(48(9)10)25-41(44)54(21)22;;;;/h23-28H,1-22H3;3*1H;/q;;;;+3/p-3. The zero-order valence-electron chi connectivity index (χ0n) is 40.1. The summed E-state index contributed by atoms with van der Waals surface area (Å²) in [7, 11) is 36.1. The maximum atomic E-state index is 2.60. The van der Waals surface area contributed by atoms with Crippen molar-refractivity contribution in [1.29, 1.82) is 0 Å². The molecule has 0 radical (unpaired) electrons. The molecule has 4 rings (SSSR count). The molecule has 9 nitrogen and oxygen atoms in total. The van der Waals surface area contributed by atoms with Crippen LogP contribution in [0.2, 0.25) is 3.34 Å². The van der Waals surface area contributed by atoms with E-state index >= 15 is 0 Å². The molecule has 1 aliphatic rings. The monoisotopic (exact) mass is 919 g/mol. The summed E-state index contributed by atoms with van der Waals surface area (Å²) in [6.07, 6.45) is 0. The van der Waals surface area contributed by atoms with Crippen LogP contribution in [-0.4, -0.2) is 135 Å². The number of rotatable bonds is 13. The van der Waals surface area contributed by atoms with Crippen molar-refractivity contribution in [2.24, 2.45) is 0 Å². The molecule has 0 heterocycles. The number of anilines is 9. The zero-order chi connectivity index (χ0) is 42.7. The summed E-state index contributed by atoms with van der Waals surface area (Å²) in [5.41, 5.74) is 16.7. The van der Waals surface area contributed by atoms with Gasteiger partial charge in [0.2, 0.25) is 0 Å². The molecule has 0 fully saturated rings. The smallest absolute Gasteiger partial charge is 1.00 e. The molecule has 0 aliphatic heterocycles. The van der Waals surface area contributed by atoms with E-state index in [2.05, 4.69) is 255 Å². The Morgan fingerprint density at radius 2 is 0.492 bits per heavy atom. The molecule has 1 aliphatic carbocycles. The van der Waals surface area contributed by atoms with E-state index in [0.29, 0.717) is 0 Å².